The molecule has 7 heteroatoms. The van der Waals surface area contributed by atoms with Crippen molar-refractivity contribution >= 4 is 18.2 Å². The molecule has 0 spiro atoms. The fraction of sp³-hybridized carbons (Fsp3) is 0.318. The number of rotatable bonds is 7. The Morgan fingerprint density at radius 3 is 1.55 bits per heavy atom. The van der Waals surface area contributed by atoms with Crippen LogP contribution in [0.25, 0.3) is 0 Å². The van der Waals surface area contributed by atoms with Crippen LogP contribution in [0.1, 0.15) is 25.0 Å². The van der Waals surface area contributed by atoms with E-state index in [9.17, 15) is 14.4 Å². The van der Waals surface area contributed by atoms with E-state index in [0.29, 0.717) is 4.90 Å². The molecule has 0 N–H and O–H groups in total. The van der Waals surface area contributed by atoms with Crippen molar-refractivity contribution in [2.45, 2.75) is 33.1 Å². The Labute approximate surface area is 170 Å². The summed E-state index contributed by atoms with van der Waals surface area (Å²) in [5.41, 5.74) is 1.50. The summed E-state index contributed by atoms with van der Waals surface area (Å²) in [5.74, 6) is -1.13. The molecular weight excluding hydrogens is 374 g/mol. The number of ether oxygens (including phenoxy) is 3. The van der Waals surface area contributed by atoms with Gasteiger partial charge in [0.15, 0.2) is 0 Å². The zero-order valence-electron chi connectivity index (χ0n) is 16.7. The average molecular weight is 399 g/mol. The zero-order valence-corrected chi connectivity index (χ0v) is 16.7. The van der Waals surface area contributed by atoms with Crippen LogP contribution in [0.2, 0.25) is 0 Å². The highest BCUT2D eigenvalue weighted by atomic mass is 16.6. The third kappa shape index (κ3) is 6.34. The van der Waals surface area contributed by atoms with Crippen LogP contribution in [0, 0.1) is 5.92 Å². The fourth-order valence-corrected chi connectivity index (χ4v) is 2.68. The molecule has 29 heavy (non-hydrogen) atoms. The summed E-state index contributed by atoms with van der Waals surface area (Å²) >= 11 is 0. The van der Waals surface area contributed by atoms with Crippen LogP contribution in [-0.4, -0.2) is 36.2 Å². The lowest BCUT2D eigenvalue weighted by Gasteiger charge is -2.29. The van der Waals surface area contributed by atoms with Crippen LogP contribution in [0.15, 0.2) is 60.7 Å². The fourth-order valence-electron chi connectivity index (χ4n) is 2.68. The van der Waals surface area contributed by atoms with Crippen molar-refractivity contribution in [3.8, 4) is 0 Å². The van der Waals surface area contributed by atoms with Gasteiger partial charge in [0, 0.05) is 0 Å². The Hall–Kier alpha value is -3.35. The molecule has 0 aliphatic heterocycles. The Bertz CT molecular complexity index is 751. The standard InChI is InChI=1S/C22H25NO6/c1-16(2)19(20(24)27-3)23(21(25)28-14-17-10-6-4-7-11-17)22(26)29-15-18-12-8-5-9-13-18/h4-13,16,19H,14-15H2,1-3H3/t19-/m0/s1. The van der Waals surface area contributed by atoms with Gasteiger partial charge in [-0.25, -0.2) is 14.4 Å². The second-order valence-corrected chi connectivity index (χ2v) is 6.66. The van der Waals surface area contributed by atoms with Gasteiger partial charge in [0.25, 0.3) is 0 Å². The summed E-state index contributed by atoms with van der Waals surface area (Å²) in [6.07, 6.45) is -1.95. The lowest BCUT2D eigenvalue weighted by molar-refractivity contribution is -0.147. The maximum absolute atomic E-state index is 12.7. The number of nitrogens with zero attached hydrogens (tertiary/aromatic N) is 1. The minimum atomic E-state index is -1.17. The van der Waals surface area contributed by atoms with Crippen molar-refractivity contribution < 1.29 is 28.6 Å². The highest BCUT2D eigenvalue weighted by molar-refractivity contribution is 5.94. The molecule has 0 fully saturated rings. The number of carbonyl (C=O) groups is 3. The first kappa shape index (κ1) is 21.9. The number of carbonyl (C=O) groups excluding carboxylic acids is 3. The van der Waals surface area contributed by atoms with E-state index in [-0.39, 0.29) is 13.2 Å². The van der Waals surface area contributed by atoms with E-state index >= 15 is 0 Å². The molecule has 0 saturated carbocycles. The average Bonchev–Trinajstić information content (AvgIpc) is 2.74. The highest BCUT2D eigenvalue weighted by Gasteiger charge is 2.40. The molecule has 7 nitrogen and oxygen atoms in total. The number of methoxy groups -OCH3 is 1. The number of amides is 2. The van der Waals surface area contributed by atoms with E-state index in [0.717, 1.165) is 11.1 Å². The van der Waals surface area contributed by atoms with Gasteiger partial charge in [-0.2, -0.15) is 4.90 Å². The summed E-state index contributed by atoms with van der Waals surface area (Å²) in [4.78, 5) is 38.4. The number of benzene rings is 2. The summed E-state index contributed by atoms with van der Waals surface area (Å²) in [6, 6.07) is 16.9. The largest absolute Gasteiger partial charge is 0.467 e. The molecule has 2 aromatic carbocycles. The first-order valence-corrected chi connectivity index (χ1v) is 9.22. The lowest BCUT2D eigenvalue weighted by Crippen LogP contribution is -2.52. The first-order valence-electron chi connectivity index (χ1n) is 9.22. The Morgan fingerprint density at radius 2 is 1.21 bits per heavy atom. The number of hydrogen-bond acceptors (Lipinski definition) is 6. The van der Waals surface area contributed by atoms with E-state index in [2.05, 4.69) is 0 Å². The summed E-state index contributed by atoms with van der Waals surface area (Å²) in [5, 5.41) is 0. The molecule has 0 bridgehead atoms. The maximum atomic E-state index is 12.7. The number of esters is 1. The third-order valence-electron chi connectivity index (χ3n) is 4.16. The van der Waals surface area contributed by atoms with Crippen molar-refractivity contribution in [3.05, 3.63) is 71.8 Å². The van der Waals surface area contributed by atoms with Crippen LogP contribution in [0.3, 0.4) is 0 Å². The predicted octanol–water partition coefficient (Wildman–Crippen LogP) is 4.16. The van der Waals surface area contributed by atoms with Crippen molar-refractivity contribution in [1.82, 2.24) is 4.90 Å². The minimum Gasteiger partial charge on any atom is -0.467 e. The quantitative estimate of drug-likeness (QED) is 0.514. The molecule has 0 heterocycles. The Balaban J connectivity index is 2.17. The molecule has 2 aromatic rings. The van der Waals surface area contributed by atoms with Crippen LogP contribution in [0.5, 0.6) is 0 Å². The maximum Gasteiger partial charge on any atom is 0.420 e. The summed E-state index contributed by atoms with van der Waals surface area (Å²) in [6.45, 7) is 3.30. The molecule has 2 rings (SSSR count). The van der Waals surface area contributed by atoms with Gasteiger partial charge in [0.1, 0.15) is 19.3 Å². The molecule has 0 radical (unpaired) electrons. The van der Waals surface area contributed by atoms with Gasteiger partial charge in [-0.1, -0.05) is 74.5 Å². The van der Waals surface area contributed by atoms with Gasteiger partial charge in [-0.3, -0.25) is 0 Å². The molecule has 0 saturated heterocycles. The third-order valence-corrected chi connectivity index (χ3v) is 4.16. The second kappa shape index (κ2) is 10.8. The van der Waals surface area contributed by atoms with E-state index in [1.54, 1.807) is 62.4 Å². The second-order valence-electron chi connectivity index (χ2n) is 6.66. The molecular formula is C22H25NO6. The van der Waals surface area contributed by atoms with Gasteiger partial charge >= 0.3 is 18.2 Å². The van der Waals surface area contributed by atoms with Gasteiger partial charge in [0.05, 0.1) is 7.11 Å². The topological polar surface area (TPSA) is 82.1 Å². The minimum absolute atomic E-state index is 0.0475. The van der Waals surface area contributed by atoms with Crippen molar-refractivity contribution in [3.63, 3.8) is 0 Å². The first-order chi connectivity index (χ1) is 13.9. The lowest BCUT2D eigenvalue weighted by atomic mass is 10.0. The van der Waals surface area contributed by atoms with Crippen molar-refractivity contribution in [2.24, 2.45) is 5.92 Å². The Morgan fingerprint density at radius 1 is 0.793 bits per heavy atom. The smallest absolute Gasteiger partial charge is 0.420 e. The monoisotopic (exact) mass is 399 g/mol. The number of hydrogen-bond donors (Lipinski definition) is 0. The van der Waals surface area contributed by atoms with Gasteiger partial charge in [0.2, 0.25) is 0 Å². The van der Waals surface area contributed by atoms with E-state index in [1.165, 1.54) is 7.11 Å². The molecule has 154 valence electrons. The van der Waals surface area contributed by atoms with Gasteiger partial charge < -0.3 is 14.2 Å². The summed E-state index contributed by atoms with van der Waals surface area (Å²) < 4.78 is 15.3. The molecule has 2 amide bonds. The normalized spacial score (nSPS) is 11.4. The van der Waals surface area contributed by atoms with Crippen LogP contribution >= 0.6 is 0 Å². The molecule has 0 aliphatic carbocycles. The molecule has 1 atom stereocenters. The Kier molecular flexibility index (Phi) is 8.21. The number of imide groups is 1. The van der Waals surface area contributed by atoms with E-state index < -0.39 is 30.1 Å². The van der Waals surface area contributed by atoms with Gasteiger partial charge in [-0.05, 0) is 17.0 Å². The van der Waals surface area contributed by atoms with E-state index in [4.69, 9.17) is 14.2 Å². The SMILES string of the molecule is COC(=O)[C@H](C(C)C)N(C(=O)OCc1ccccc1)C(=O)OCc1ccccc1. The van der Waals surface area contributed by atoms with Gasteiger partial charge in [-0.15, -0.1) is 0 Å². The zero-order chi connectivity index (χ0) is 21.2. The van der Waals surface area contributed by atoms with E-state index in [1.807, 2.05) is 12.1 Å². The van der Waals surface area contributed by atoms with Crippen molar-refractivity contribution in [1.29, 1.82) is 0 Å². The van der Waals surface area contributed by atoms with Crippen LogP contribution in [0.4, 0.5) is 9.59 Å². The molecule has 0 aliphatic rings. The predicted molar refractivity (Wildman–Crippen MR) is 106 cm³/mol. The van der Waals surface area contributed by atoms with Crippen LogP contribution < -0.4 is 0 Å². The van der Waals surface area contributed by atoms with Crippen molar-refractivity contribution in [2.75, 3.05) is 7.11 Å². The van der Waals surface area contributed by atoms with Crippen LogP contribution in [-0.2, 0) is 32.2 Å². The highest BCUT2D eigenvalue weighted by Crippen LogP contribution is 2.17. The molecule has 0 unspecified atom stereocenters. The summed E-state index contributed by atoms with van der Waals surface area (Å²) in [7, 11) is 1.19. The molecule has 0 aromatic heterocycles.